The Kier molecular flexibility index (Phi) is 9.02. The molecule has 2 fully saturated rings. The Bertz CT molecular complexity index is 1600. The zero-order valence-corrected chi connectivity index (χ0v) is 27.5. The number of piperidine rings is 1. The van der Waals surface area contributed by atoms with E-state index in [1.54, 1.807) is 11.1 Å². The second kappa shape index (κ2) is 13.1. The topological polar surface area (TPSA) is 96.3 Å². The van der Waals surface area contributed by atoms with Gasteiger partial charge in [0.1, 0.15) is 6.10 Å². The van der Waals surface area contributed by atoms with E-state index in [9.17, 15) is 9.59 Å². The number of allylic oxidation sites excluding steroid dienone is 1. The molecule has 2 amide bonds. The molecule has 0 aliphatic carbocycles. The molecular weight excluding hydrogens is 580 g/mol. The van der Waals surface area contributed by atoms with Crippen LogP contribution in [0.15, 0.2) is 81.1 Å². The number of carbonyl (C=O) groups excluding carboxylic acids is 2. The van der Waals surface area contributed by atoms with Crippen molar-refractivity contribution in [2.75, 3.05) is 62.8 Å². The van der Waals surface area contributed by atoms with Gasteiger partial charge in [-0.1, -0.05) is 11.8 Å². The van der Waals surface area contributed by atoms with E-state index in [0.29, 0.717) is 31.0 Å². The molecule has 46 heavy (non-hydrogen) atoms. The second-order valence-electron chi connectivity index (χ2n) is 12.8. The third-order valence-corrected chi connectivity index (χ3v) is 9.26. The number of nitrogens with zero attached hydrogens (tertiary/aromatic N) is 7. The lowest BCUT2D eigenvalue weighted by atomic mass is 9.87. The van der Waals surface area contributed by atoms with Crippen LogP contribution in [-0.2, 0) is 14.3 Å². The Labute approximate surface area is 271 Å². The number of amides is 2. The number of hydrogen-bond donors (Lipinski definition) is 1. The molecule has 2 saturated heterocycles. The van der Waals surface area contributed by atoms with E-state index >= 15 is 0 Å². The fourth-order valence-corrected chi connectivity index (χ4v) is 6.65. The van der Waals surface area contributed by atoms with Crippen molar-refractivity contribution in [3.05, 3.63) is 71.0 Å². The molecule has 0 saturated carbocycles. The number of ether oxygens (including phenoxy) is 1. The molecule has 1 aromatic rings. The lowest BCUT2D eigenvalue weighted by Gasteiger charge is -2.50. The van der Waals surface area contributed by atoms with Gasteiger partial charge in [0.15, 0.2) is 5.82 Å². The van der Waals surface area contributed by atoms with Gasteiger partial charge < -0.3 is 24.8 Å². The molecule has 6 rings (SSSR count). The van der Waals surface area contributed by atoms with Crippen molar-refractivity contribution in [2.45, 2.75) is 58.3 Å². The minimum absolute atomic E-state index is 0.0877. The quantitative estimate of drug-likeness (QED) is 0.466. The minimum Gasteiger partial charge on any atom is -0.372 e. The number of likely N-dealkylation sites (N-methyl/N-ethyl adjacent to an activating group) is 1. The zero-order chi connectivity index (χ0) is 32.4. The maximum Gasteiger partial charge on any atom is 0.262 e. The van der Waals surface area contributed by atoms with Gasteiger partial charge in [-0.25, -0.2) is 10.0 Å². The highest BCUT2D eigenvalue weighted by atomic mass is 16.5. The highest BCUT2D eigenvalue weighted by Gasteiger charge is 2.46. The molecule has 11 heteroatoms. The molecule has 1 atom stereocenters. The molecule has 1 N–H and O–H groups in total. The minimum atomic E-state index is -0.401. The van der Waals surface area contributed by atoms with Crippen molar-refractivity contribution >= 4 is 35.3 Å². The monoisotopic (exact) mass is 624 g/mol. The molecular formula is C35H44N8O3. The fourth-order valence-electron chi connectivity index (χ4n) is 6.65. The Morgan fingerprint density at radius 2 is 1.89 bits per heavy atom. The first kappa shape index (κ1) is 31.6. The summed E-state index contributed by atoms with van der Waals surface area (Å²) in [5.41, 5.74) is 6.98. The van der Waals surface area contributed by atoms with Crippen molar-refractivity contribution in [2.24, 2.45) is 10.1 Å². The molecule has 5 aliphatic rings. The van der Waals surface area contributed by atoms with Crippen LogP contribution in [0.4, 0.5) is 11.4 Å². The molecule has 0 bridgehead atoms. The van der Waals surface area contributed by atoms with E-state index in [-0.39, 0.29) is 23.5 Å². The number of aliphatic imine (C=N–C) groups is 1. The van der Waals surface area contributed by atoms with Crippen LogP contribution in [0.25, 0.3) is 0 Å². The fraction of sp³-hybridized carbons (Fsp3) is 0.486. The summed E-state index contributed by atoms with van der Waals surface area (Å²) in [5.74, 6) is 3.67. The number of morpholine rings is 1. The summed E-state index contributed by atoms with van der Waals surface area (Å²) < 4.78 is 6.33. The SMILES string of the molecule is CCNC1=C=CC2=C(C=N1)C(=O)N(c1cccc(N3C=C(CN4CCC5(CC4)CN(C(C)C)C(=O)[C@@H](C)O5)C=C=N3)c1)CCN2C. The van der Waals surface area contributed by atoms with Gasteiger partial charge >= 0.3 is 0 Å². The van der Waals surface area contributed by atoms with Crippen molar-refractivity contribution in [1.82, 2.24) is 20.0 Å². The Hall–Kier alpha value is -4.40. The van der Waals surface area contributed by atoms with E-state index in [4.69, 9.17) is 4.74 Å². The zero-order valence-electron chi connectivity index (χ0n) is 27.5. The van der Waals surface area contributed by atoms with Crippen molar-refractivity contribution in [3.8, 4) is 0 Å². The number of benzene rings is 1. The summed E-state index contributed by atoms with van der Waals surface area (Å²) in [7, 11) is 1.99. The average Bonchev–Trinajstić information content (AvgIpc) is 3.33. The molecule has 0 unspecified atom stereocenters. The predicted octanol–water partition coefficient (Wildman–Crippen LogP) is 3.24. The van der Waals surface area contributed by atoms with Gasteiger partial charge in [0, 0.05) is 88.5 Å². The number of hydrogen-bond acceptors (Lipinski definition) is 9. The van der Waals surface area contributed by atoms with Crippen LogP contribution in [0.2, 0.25) is 0 Å². The van der Waals surface area contributed by atoms with Crippen LogP contribution in [0.3, 0.4) is 0 Å². The first-order chi connectivity index (χ1) is 22.2. The van der Waals surface area contributed by atoms with Gasteiger partial charge in [0.2, 0.25) is 0 Å². The van der Waals surface area contributed by atoms with Crippen LogP contribution >= 0.6 is 0 Å². The lowest BCUT2D eigenvalue weighted by Crippen LogP contribution is -2.62. The summed E-state index contributed by atoms with van der Waals surface area (Å²) in [6.07, 6.45) is 8.81. The van der Waals surface area contributed by atoms with E-state index in [2.05, 4.69) is 50.7 Å². The van der Waals surface area contributed by atoms with E-state index in [0.717, 1.165) is 61.7 Å². The number of carbonyl (C=O) groups is 2. The van der Waals surface area contributed by atoms with Crippen molar-refractivity contribution in [3.63, 3.8) is 0 Å². The first-order valence-corrected chi connectivity index (χ1v) is 16.3. The van der Waals surface area contributed by atoms with Crippen LogP contribution < -0.4 is 15.2 Å². The van der Waals surface area contributed by atoms with Crippen molar-refractivity contribution < 1.29 is 14.3 Å². The summed E-state index contributed by atoms with van der Waals surface area (Å²) in [4.78, 5) is 39.3. The standard InChI is InChI=1S/C35H44N8O3/c1-6-36-32-11-10-31-30(21-37-32)34(45)41(19-18-39(31)5)28-8-7-9-29(20-28)43-23-27(12-15-38-43)22-40-16-13-35(14-17-40)24-42(25(2)3)33(44)26(4)46-35/h7-10,12,20-21,23,25-26,36H,6,13-14,16-19,22,24H2,1-5H3/t26-/m1/s1. The predicted molar refractivity (Wildman–Crippen MR) is 181 cm³/mol. The number of rotatable bonds is 7. The Balaban J connectivity index is 1.13. The number of anilines is 2. The molecule has 11 nitrogen and oxygen atoms in total. The molecule has 1 aromatic carbocycles. The Morgan fingerprint density at radius 1 is 1.11 bits per heavy atom. The maximum atomic E-state index is 13.9. The smallest absolute Gasteiger partial charge is 0.262 e. The van der Waals surface area contributed by atoms with Gasteiger partial charge in [0.25, 0.3) is 11.8 Å². The summed E-state index contributed by atoms with van der Waals surface area (Å²) in [5, 5.41) is 9.50. The van der Waals surface area contributed by atoms with Crippen LogP contribution in [0.5, 0.6) is 0 Å². The maximum absolute atomic E-state index is 13.9. The number of hydrazone groups is 1. The van der Waals surface area contributed by atoms with Crippen LogP contribution in [0.1, 0.15) is 40.5 Å². The molecule has 5 heterocycles. The van der Waals surface area contributed by atoms with Gasteiger partial charge in [-0.05, 0) is 64.3 Å². The molecule has 0 aromatic heterocycles. The summed E-state index contributed by atoms with van der Waals surface area (Å²) >= 11 is 0. The summed E-state index contributed by atoms with van der Waals surface area (Å²) in [6.45, 7) is 13.1. The van der Waals surface area contributed by atoms with Gasteiger partial charge in [-0.15, -0.1) is 5.10 Å². The Morgan fingerprint density at radius 3 is 2.65 bits per heavy atom. The van der Waals surface area contributed by atoms with Crippen LogP contribution in [-0.4, -0.2) is 109 Å². The van der Waals surface area contributed by atoms with Crippen molar-refractivity contribution in [1.29, 1.82) is 0 Å². The lowest BCUT2D eigenvalue weighted by molar-refractivity contribution is -0.192. The molecule has 1 spiro atoms. The average molecular weight is 625 g/mol. The number of nitrogens with one attached hydrogen (secondary N) is 1. The largest absolute Gasteiger partial charge is 0.372 e. The van der Waals surface area contributed by atoms with E-state index < -0.39 is 6.10 Å². The van der Waals surface area contributed by atoms with Crippen LogP contribution in [0, 0.1) is 0 Å². The molecule has 5 aliphatic heterocycles. The third kappa shape index (κ3) is 6.46. The highest BCUT2D eigenvalue weighted by molar-refractivity contribution is 6.20. The highest BCUT2D eigenvalue weighted by Crippen LogP contribution is 2.34. The number of likely N-dealkylation sites (tertiary alicyclic amines) is 1. The van der Waals surface area contributed by atoms with Gasteiger partial charge in [-0.2, -0.15) is 0 Å². The second-order valence-corrected chi connectivity index (χ2v) is 12.8. The molecule has 0 radical (unpaired) electrons. The van der Waals surface area contributed by atoms with E-state index in [1.807, 2.05) is 73.4 Å². The van der Waals surface area contributed by atoms with Gasteiger partial charge in [-0.3, -0.25) is 14.5 Å². The van der Waals surface area contributed by atoms with E-state index in [1.165, 1.54) is 0 Å². The molecule has 242 valence electrons. The third-order valence-electron chi connectivity index (χ3n) is 9.26. The summed E-state index contributed by atoms with van der Waals surface area (Å²) in [6, 6.07) is 8.06. The first-order valence-electron chi connectivity index (χ1n) is 16.3. The van der Waals surface area contributed by atoms with Gasteiger partial charge in [0.05, 0.1) is 29.1 Å². The normalized spacial score (nSPS) is 23.2.